The number of hydrogen-bond donors (Lipinski definition) is 2. The lowest BCUT2D eigenvalue weighted by Crippen LogP contribution is -2.45. The maximum absolute atomic E-state index is 12.4. The van der Waals surface area contributed by atoms with E-state index in [1.165, 1.54) is 0 Å². The molecule has 1 aromatic carbocycles. The van der Waals surface area contributed by atoms with E-state index >= 15 is 0 Å². The Bertz CT molecular complexity index is 674. The molecule has 2 atom stereocenters. The zero-order valence-corrected chi connectivity index (χ0v) is 13.5. The van der Waals surface area contributed by atoms with Crippen molar-refractivity contribution in [3.8, 4) is 0 Å². The number of carbonyl (C=O) groups excluding carboxylic acids is 1. The van der Waals surface area contributed by atoms with Crippen LogP contribution in [0.4, 0.5) is 5.69 Å². The van der Waals surface area contributed by atoms with Crippen molar-refractivity contribution in [1.82, 2.24) is 10.3 Å². The predicted molar refractivity (Wildman–Crippen MR) is 88.3 cm³/mol. The number of halogens is 1. The molecule has 2 unspecified atom stereocenters. The summed E-state index contributed by atoms with van der Waals surface area (Å²) in [4.78, 5) is 16.8. The normalized spacial score (nSPS) is 22.2. The molecule has 21 heavy (non-hydrogen) atoms. The van der Waals surface area contributed by atoms with Gasteiger partial charge in [-0.15, -0.1) is 0 Å². The molecule has 0 aliphatic carbocycles. The van der Waals surface area contributed by atoms with Gasteiger partial charge in [0, 0.05) is 16.1 Å². The maximum atomic E-state index is 12.4. The van der Waals surface area contributed by atoms with Crippen LogP contribution in [0.5, 0.6) is 0 Å². The zero-order valence-electron chi connectivity index (χ0n) is 11.9. The highest BCUT2D eigenvalue weighted by molar-refractivity contribution is 9.10. The van der Waals surface area contributed by atoms with Gasteiger partial charge in [-0.1, -0.05) is 19.1 Å². The molecule has 110 valence electrons. The molecule has 1 aliphatic heterocycles. The summed E-state index contributed by atoms with van der Waals surface area (Å²) >= 11 is 3.42. The highest BCUT2D eigenvalue weighted by Gasteiger charge is 2.24. The molecular weight excluding hydrogens is 330 g/mol. The van der Waals surface area contributed by atoms with Gasteiger partial charge in [0.2, 0.25) is 5.91 Å². The molecule has 0 spiro atoms. The van der Waals surface area contributed by atoms with Crippen LogP contribution in [0.25, 0.3) is 10.9 Å². The van der Waals surface area contributed by atoms with Crippen molar-refractivity contribution in [3.05, 3.63) is 34.9 Å². The minimum Gasteiger partial charge on any atom is -0.323 e. The number of carbonyl (C=O) groups is 1. The molecule has 1 amide bonds. The lowest BCUT2D eigenvalue weighted by atomic mass is 9.94. The monoisotopic (exact) mass is 347 g/mol. The van der Waals surface area contributed by atoms with Crippen LogP contribution in [0, 0.1) is 5.92 Å². The van der Waals surface area contributed by atoms with E-state index in [0.717, 1.165) is 40.4 Å². The standard InChI is InChI=1S/C16H18BrN3O/c1-10-5-6-18-14(7-10)16(21)20-13-4-2-3-11-8-12(17)9-19-15(11)13/h2-4,8-10,14,18H,5-7H2,1H3,(H,20,21). The first-order valence-electron chi connectivity index (χ1n) is 7.22. The molecule has 0 radical (unpaired) electrons. The summed E-state index contributed by atoms with van der Waals surface area (Å²) in [5.41, 5.74) is 1.59. The van der Waals surface area contributed by atoms with Crippen molar-refractivity contribution < 1.29 is 4.79 Å². The molecule has 2 heterocycles. The second-order valence-corrected chi connectivity index (χ2v) is 6.57. The quantitative estimate of drug-likeness (QED) is 0.875. The third kappa shape index (κ3) is 3.24. The molecular formula is C16H18BrN3O. The van der Waals surface area contributed by atoms with Gasteiger partial charge in [-0.2, -0.15) is 0 Å². The van der Waals surface area contributed by atoms with Crippen LogP contribution in [0.1, 0.15) is 19.8 Å². The SMILES string of the molecule is CC1CCNC(C(=O)Nc2cccc3cc(Br)cnc23)C1. The minimum absolute atomic E-state index is 0.0266. The summed E-state index contributed by atoms with van der Waals surface area (Å²) in [6, 6.07) is 7.71. The van der Waals surface area contributed by atoms with E-state index in [2.05, 4.69) is 38.5 Å². The van der Waals surface area contributed by atoms with E-state index in [9.17, 15) is 4.79 Å². The van der Waals surface area contributed by atoms with E-state index in [0.29, 0.717) is 5.92 Å². The summed E-state index contributed by atoms with van der Waals surface area (Å²) in [7, 11) is 0. The fourth-order valence-electron chi connectivity index (χ4n) is 2.76. The number of anilines is 1. The Morgan fingerprint density at radius 3 is 3.14 bits per heavy atom. The van der Waals surface area contributed by atoms with E-state index < -0.39 is 0 Å². The van der Waals surface area contributed by atoms with Gasteiger partial charge in [0.1, 0.15) is 0 Å². The zero-order chi connectivity index (χ0) is 14.8. The van der Waals surface area contributed by atoms with Gasteiger partial charge in [0.25, 0.3) is 0 Å². The number of fused-ring (bicyclic) bond motifs is 1. The third-order valence-electron chi connectivity index (χ3n) is 3.92. The highest BCUT2D eigenvalue weighted by Crippen LogP contribution is 2.24. The first kappa shape index (κ1) is 14.5. The van der Waals surface area contributed by atoms with Crippen molar-refractivity contribution in [1.29, 1.82) is 0 Å². The number of piperidine rings is 1. The average molecular weight is 348 g/mol. The summed E-state index contributed by atoms with van der Waals surface area (Å²) in [6.45, 7) is 3.10. The summed E-state index contributed by atoms with van der Waals surface area (Å²) < 4.78 is 0.932. The van der Waals surface area contributed by atoms with Gasteiger partial charge in [-0.05, 0) is 53.4 Å². The molecule has 1 saturated heterocycles. The van der Waals surface area contributed by atoms with Crippen LogP contribution in [0.3, 0.4) is 0 Å². The Kier molecular flexibility index (Phi) is 4.22. The van der Waals surface area contributed by atoms with Gasteiger partial charge in [0.05, 0.1) is 17.2 Å². The van der Waals surface area contributed by atoms with E-state index in [1.807, 2.05) is 24.3 Å². The Labute approximate surface area is 132 Å². The maximum Gasteiger partial charge on any atom is 0.241 e. The van der Waals surface area contributed by atoms with Gasteiger partial charge < -0.3 is 10.6 Å². The number of pyridine rings is 1. The van der Waals surface area contributed by atoms with Crippen LogP contribution in [0.15, 0.2) is 34.9 Å². The van der Waals surface area contributed by atoms with Crippen LogP contribution >= 0.6 is 15.9 Å². The Balaban J connectivity index is 1.83. The number of hydrogen-bond acceptors (Lipinski definition) is 3. The van der Waals surface area contributed by atoms with Crippen molar-refractivity contribution in [2.45, 2.75) is 25.8 Å². The number of para-hydroxylation sites is 1. The minimum atomic E-state index is -0.112. The summed E-state index contributed by atoms with van der Waals surface area (Å²) in [5, 5.41) is 7.31. The molecule has 4 nitrogen and oxygen atoms in total. The van der Waals surface area contributed by atoms with Crippen LogP contribution in [-0.4, -0.2) is 23.5 Å². The summed E-state index contributed by atoms with van der Waals surface area (Å²) in [5.74, 6) is 0.613. The second kappa shape index (κ2) is 6.12. The molecule has 1 fully saturated rings. The van der Waals surface area contributed by atoms with Crippen molar-refractivity contribution >= 4 is 38.4 Å². The van der Waals surface area contributed by atoms with Crippen molar-refractivity contribution in [2.75, 3.05) is 11.9 Å². The number of aromatic nitrogens is 1. The molecule has 0 saturated carbocycles. The molecule has 2 aromatic rings. The molecule has 1 aliphatic rings. The van der Waals surface area contributed by atoms with Crippen molar-refractivity contribution in [3.63, 3.8) is 0 Å². The van der Waals surface area contributed by atoms with Crippen LogP contribution in [0.2, 0.25) is 0 Å². The molecule has 5 heteroatoms. The lowest BCUT2D eigenvalue weighted by molar-refractivity contribution is -0.119. The number of nitrogens with one attached hydrogen (secondary N) is 2. The third-order valence-corrected chi connectivity index (χ3v) is 4.35. The first-order valence-corrected chi connectivity index (χ1v) is 8.01. The number of rotatable bonds is 2. The van der Waals surface area contributed by atoms with E-state index in [1.54, 1.807) is 6.20 Å². The van der Waals surface area contributed by atoms with E-state index in [4.69, 9.17) is 0 Å². The largest absolute Gasteiger partial charge is 0.323 e. The number of nitrogens with zero attached hydrogens (tertiary/aromatic N) is 1. The average Bonchev–Trinajstić information content (AvgIpc) is 2.47. The molecule has 1 aromatic heterocycles. The van der Waals surface area contributed by atoms with Gasteiger partial charge >= 0.3 is 0 Å². The fourth-order valence-corrected chi connectivity index (χ4v) is 3.11. The Hall–Kier alpha value is -1.46. The van der Waals surface area contributed by atoms with Gasteiger partial charge in [0.15, 0.2) is 0 Å². The lowest BCUT2D eigenvalue weighted by Gasteiger charge is -2.27. The fraction of sp³-hybridized carbons (Fsp3) is 0.375. The number of benzene rings is 1. The topological polar surface area (TPSA) is 54.0 Å². The van der Waals surface area contributed by atoms with Crippen molar-refractivity contribution in [2.24, 2.45) is 5.92 Å². The molecule has 2 N–H and O–H groups in total. The van der Waals surface area contributed by atoms with Gasteiger partial charge in [-0.3, -0.25) is 9.78 Å². The predicted octanol–water partition coefficient (Wildman–Crippen LogP) is 3.32. The van der Waals surface area contributed by atoms with E-state index in [-0.39, 0.29) is 11.9 Å². The van der Waals surface area contributed by atoms with Crippen LogP contribution in [-0.2, 0) is 4.79 Å². The van der Waals surface area contributed by atoms with Gasteiger partial charge in [-0.25, -0.2) is 0 Å². The highest BCUT2D eigenvalue weighted by atomic mass is 79.9. The first-order chi connectivity index (χ1) is 10.1. The smallest absolute Gasteiger partial charge is 0.241 e. The van der Waals surface area contributed by atoms with Crippen LogP contribution < -0.4 is 10.6 Å². The molecule has 0 bridgehead atoms. The second-order valence-electron chi connectivity index (χ2n) is 5.66. The Morgan fingerprint density at radius 2 is 2.33 bits per heavy atom. The Morgan fingerprint density at radius 1 is 1.48 bits per heavy atom. The summed E-state index contributed by atoms with van der Waals surface area (Å²) in [6.07, 6.45) is 3.77. The number of amides is 1. The molecule has 3 rings (SSSR count).